The van der Waals surface area contributed by atoms with Gasteiger partial charge >= 0.3 is 0 Å². The summed E-state index contributed by atoms with van der Waals surface area (Å²) in [6.07, 6.45) is 0. The van der Waals surface area contributed by atoms with Crippen LogP contribution in [0.3, 0.4) is 0 Å². The van der Waals surface area contributed by atoms with Gasteiger partial charge in [-0.2, -0.15) is 0 Å². The second-order valence-electron chi connectivity index (χ2n) is 14.2. The van der Waals surface area contributed by atoms with Crippen LogP contribution < -0.4 is 0 Å². The third-order valence-corrected chi connectivity index (χ3v) is 11.0. The summed E-state index contributed by atoms with van der Waals surface area (Å²) in [5.74, 6) is 0.688. The van der Waals surface area contributed by atoms with Gasteiger partial charge < -0.3 is 9.13 Å². The van der Waals surface area contributed by atoms with Crippen LogP contribution in [0.2, 0.25) is 0 Å². The Morgan fingerprint density at radius 3 is 0.964 bits per heavy atom. The Balaban J connectivity index is 1.11. The number of nitrogens with zero attached hydrogens (tertiary/aromatic N) is 4. The molecule has 3 aromatic heterocycles. The molecule has 262 valence electrons. The average molecular weight is 715 g/mol. The molecule has 56 heavy (non-hydrogen) atoms. The van der Waals surface area contributed by atoms with E-state index in [9.17, 15) is 0 Å². The summed E-state index contributed by atoms with van der Waals surface area (Å²) in [4.78, 5) is 10.7. The monoisotopic (exact) mass is 714 g/mol. The number of benzene rings is 8. The van der Waals surface area contributed by atoms with Crippen molar-refractivity contribution in [2.45, 2.75) is 0 Å². The number of hydrogen-bond acceptors (Lipinski definition) is 2. The molecule has 0 saturated heterocycles. The Bertz CT molecular complexity index is 2930. The van der Waals surface area contributed by atoms with Gasteiger partial charge in [0.2, 0.25) is 0 Å². The van der Waals surface area contributed by atoms with Gasteiger partial charge in [-0.25, -0.2) is 9.97 Å². The van der Waals surface area contributed by atoms with Gasteiger partial charge in [0.25, 0.3) is 0 Å². The Labute approximate surface area is 324 Å². The van der Waals surface area contributed by atoms with E-state index in [0.717, 1.165) is 50.6 Å². The summed E-state index contributed by atoms with van der Waals surface area (Å²) in [5.41, 5.74) is 13.8. The van der Waals surface area contributed by atoms with E-state index >= 15 is 0 Å². The van der Waals surface area contributed by atoms with Gasteiger partial charge in [-0.05, 0) is 54.1 Å². The fraction of sp³-hybridized carbons (Fsp3) is 0. The van der Waals surface area contributed by atoms with E-state index in [1.807, 2.05) is 18.2 Å². The molecule has 0 amide bonds. The van der Waals surface area contributed by atoms with Crippen molar-refractivity contribution in [3.05, 3.63) is 206 Å². The van der Waals surface area contributed by atoms with Crippen molar-refractivity contribution in [3.8, 4) is 56.4 Å². The zero-order chi connectivity index (χ0) is 37.0. The van der Waals surface area contributed by atoms with E-state index in [4.69, 9.17) is 9.97 Å². The Hall–Kier alpha value is -7.56. The van der Waals surface area contributed by atoms with Crippen LogP contribution in [-0.4, -0.2) is 19.1 Å². The van der Waals surface area contributed by atoms with E-state index < -0.39 is 0 Å². The van der Waals surface area contributed by atoms with Crippen molar-refractivity contribution < 1.29 is 0 Å². The lowest BCUT2D eigenvalue weighted by molar-refractivity contribution is 1.16. The first-order valence-corrected chi connectivity index (χ1v) is 19.0. The minimum Gasteiger partial charge on any atom is -0.309 e. The molecule has 0 aliphatic carbocycles. The van der Waals surface area contributed by atoms with E-state index in [2.05, 4.69) is 197 Å². The number of para-hydroxylation sites is 4. The third-order valence-electron chi connectivity index (χ3n) is 11.0. The van der Waals surface area contributed by atoms with Gasteiger partial charge in [-0.15, -0.1) is 0 Å². The maximum absolute atomic E-state index is 5.37. The van der Waals surface area contributed by atoms with Crippen molar-refractivity contribution in [1.82, 2.24) is 19.1 Å². The lowest BCUT2D eigenvalue weighted by atomic mass is 9.94. The van der Waals surface area contributed by atoms with Crippen LogP contribution in [-0.2, 0) is 0 Å². The van der Waals surface area contributed by atoms with Gasteiger partial charge in [-0.1, -0.05) is 158 Å². The second kappa shape index (κ2) is 13.1. The molecule has 0 N–H and O–H groups in total. The lowest BCUT2D eigenvalue weighted by Gasteiger charge is -2.18. The summed E-state index contributed by atoms with van der Waals surface area (Å²) >= 11 is 0. The highest BCUT2D eigenvalue weighted by molar-refractivity contribution is 6.10. The Kier molecular flexibility index (Phi) is 7.46. The average Bonchev–Trinajstić information content (AvgIpc) is 3.80. The first kappa shape index (κ1) is 31.9. The van der Waals surface area contributed by atoms with Crippen molar-refractivity contribution in [1.29, 1.82) is 0 Å². The maximum Gasteiger partial charge on any atom is 0.160 e. The normalized spacial score (nSPS) is 11.6. The van der Waals surface area contributed by atoms with Crippen LogP contribution in [0.4, 0.5) is 0 Å². The first-order valence-electron chi connectivity index (χ1n) is 19.0. The van der Waals surface area contributed by atoms with Crippen LogP contribution in [0.25, 0.3) is 100 Å². The molecule has 0 unspecified atom stereocenters. The number of hydrogen-bond donors (Lipinski definition) is 0. The molecular weight excluding hydrogens is 681 g/mol. The van der Waals surface area contributed by atoms with Gasteiger partial charge in [0.1, 0.15) is 0 Å². The maximum atomic E-state index is 5.37. The molecule has 0 bridgehead atoms. The van der Waals surface area contributed by atoms with E-state index in [0.29, 0.717) is 5.82 Å². The smallest absolute Gasteiger partial charge is 0.160 e. The quantitative estimate of drug-likeness (QED) is 0.172. The number of rotatable bonds is 6. The minimum atomic E-state index is 0.688. The zero-order valence-corrected chi connectivity index (χ0v) is 30.4. The fourth-order valence-electron chi connectivity index (χ4n) is 8.41. The number of aromatic nitrogens is 4. The van der Waals surface area contributed by atoms with E-state index in [1.165, 1.54) is 43.6 Å². The highest BCUT2D eigenvalue weighted by Gasteiger charge is 2.21. The van der Waals surface area contributed by atoms with Crippen molar-refractivity contribution in [3.63, 3.8) is 0 Å². The van der Waals surface area contributed by atoms with Gasteiger partial charge in [0.05, 0.1) is 33.5 Å². The summed E-state index contributed by atoms with van der Waals surface area (Å²) < 4.78 is 4.71. The standard InChI is InChI=1S/C52H34N4/c1-3-15-35(16-4-1)49-50(36-27-31-39(32-28-36)55-45-23-11-7-19-41(45)42-20-8-12-24-46(42)55)53-52(38-17-5-2-6-18-38)54-51(49)37-29-33-40(34-30-37)56-47-25-13-9-21-43(47)44-22-10-14-26-48(44)56/h1-34H. The molecule has 0 spiro atoms. The minimum absolute atomic E-state index is 0.688. The summed E-state index contributed by atoms with van der Waals surface area (Å²) in [7, 11) is 0. The molecule has 0 radical (unpaired) electrons. The largest absolute Gasteiger partial charge is 0.309 e. The van der Waals surface area contributed by atoms with Gasteiger partial charge in [0, 0.05) is 55.2 Å². The molecular formula is C52H34N4. The SMILES string of the molecule is c1ccc(-c2nc(-c3ccc(-n4c5ccccc5c5ccccc54)cc3)c(-c3ccccc3)c(-c3ccc(-n4c5ccccc5c5ccccc54)cc3)n2)cc1. The molecule has 3 heterocycles. The van der Waals surface area contributed by atoms with Crippen molar-refractivity contribution >= 4 is 43.6 Å². The molecule has 8 aromatic carbocycles. The van der Waals surface area contributed by atoms with Crippen LogP contribution in [0, 0.1) is 0 Å². The highest BCUT2D eigenvalue weighted by Crippen LogP contribution is 2.41. The Morgan fingerprint density at radius 1 is 0.268 bits per heavy atom. The summed E-state index contributed by atoms with van der Waals surface area (Å²) in [6, 6.07) is 73.1. The third kappa shape index (κ3) is 5.15. The zero-order valence-electron chi connectivity index (χ0n) is 30.4. The predicted molar refractivity (Wildman–Crippen MR) is 232 cm³/mol. The molecule has 4 heteroatoms. The topological polar surface area (TPSA) is 35.6 Å². The van der Waals surface area contributed by atoms with Crippen LogP contribution in [0.5, 0.6) is 0 Å². The number of fused-ring (bicyclic) bond motifs is 6. The molecule has 0 fully saturated rings. The highest BCUT2D eigenvalue weighted by atomic mass is 15.0. The second-order valence-corrected chi connectivity index (χ2v) is 14.2. The van der Waals surface area contributed by atoms with Gasteiger partial charge in [0.15, 0.2) is 5.82 Å². The van der Waals surface area contributed by atoms with Crippen molar-refractivity contribution in [2.24, 2.45) is 0 Å². The van der Waals surface area contributed by atoms with E-state index in [1.54, 1.807) is 0 Å². The summed E-state index contributed by atoms with van der Waals surface area (Å²) in [5, 5.41) is 4.98. The van der Waals surface area contributed by atoms with Crippen LogP contribution >= 0.6 is 0 Å². The van der Waals surface area contributed by atoms with Crippen LogP contribution in [0.15, 0.2) is 206 Å². The lowest BCUT2D eigenvalue weighted by Crippen LogP contribution is -2.01. The molecule has 0 atom stereocenters. The molecule has 0 aliphatic rings. The van der Waals surface area contributed by atoms with Crippen molar-refractivity contribution in [2.75, 3.05) is 0 Å². The molecule has 4 nitrogen and oxygen atoms in total. The molecule has 11 aromatic rings. The fourth-order valence-corrected chi connectivity index (χ4v) is 8.41. The molecule has 11 rings (SSSR count). The van der Waals surface area contributed by atoms with Crippen LogP contribution in [0.1, 0.15) is 0 Å². The first-order chi connectivity index (χ1) is 27.8. The summed E-state index contributed by atoms with van der Waals surface area (Å²) in [6.45, 7) is 0. The predicted octanol–water partition coefficient (Wildman–Crippen LogP) is 13.3. The van der Waals surface area contributed by atoms with E-state index in [-0.39, 0.29) is 0 Å². The molecule has 0 saturated carbocycles. The Morgan fingerprint density at radius 2 is 0.589 bits per heavy atom. The molecule has 0 aliphatic heterocycles. The van der Waals surface area contributed by atoms with Gasteiger partial charge in [-0.3, -0.25) is 0 Å².